The minimum absolute atomic E-state index is 0.0759. The lowest BCUT2D eigenvalue weighted by molar-refractivity contribution is 0.460. The van der Waals surface area contributed by atoms with Crippen molar-refractivity contribution in [3.63, 3.8) is 0 Å². The summed E-state index contributed by atoms with van der Waals surface area (Å²) in [5.41, 5.74) is 9.68. The second-order valence-corrected chi connectivity index (χ2v) is 6.02. The lowest BCUT2D eigenvalue weighted by atomic mass is 10.1. The van der Waals surface area contributed by atoms with Crippen LogP contribution in [0.15, 0.2) is 29.1 Å². The van der Waals surface area contributed by atoms with E-state index in [1.54, 1.807) is 4.68 Å². The normalized spacial score (nSPS) is 11.3. The molecule has 0 atom stereocenters. The Kier molecular flexibility index (Phi) is 4.56. The number of anilines is 1. The molecule has 4 nitrogen and oxygen atoms in total. The first-order valence-electron chi connectivity index (χ1n) is 7.57. The van der Waals surface area contributed by atoms with Gasteiger partial charge in [0.15, 0.2) is 0 Å². The SMILES string of the molecule is CCn1c(CC(C)C)c(N)c(=O)n1Cc1ccc(C)cc1. The van der Waals surface area contributed by atoms with Crippen LogP contribution in [0.25, 0.3) is 0 Å². The van der Waals surface area contributed by atoms with E-state index in [1.165, 1.54) is 5.56 Å². The summed E-state index contributed by atoms with van der Waals surface area (Å²) in [5, 5.41) is 0. The van der Waals surface area contributed by atoms with Crippen molar-refractivity contribution in [1.29, 1.82) is 0 Å². The van der Waals surface area contributed by atoms with E-state index in [4.69, 9.17) is 5.73 Å². The Labute approximate surface area is 126 Å². The van der Waals surface area contributed by atoms with Crippen LogP contribution in [0.5, 0.6) is 0 Å². The fourth-order valence-electron chi connectivity index (χ4n) is 2.64. The number of hydrogen-bond donors (Lipinski definition) is 1. The van der Waals surface area contributed by atoms with Gasteiger partial charge in [0.25, 0.3) is 5.56 Å². The first kappa shape index (κ1) is 15.4. The summed E-state index contributed by atoms with van der Waals surface area (Å²) in [5.74, 6) is 0.472. The second kappa shape index (κ2) is 6.20. The molecule has 0 spiro atoms. The molecule has 0 saturated heterocycles. The molecule has 0 aliphatic rings. The van der Waals surface area contributed by atoms with Gasteiger partial charge >= 0.3 is 0 Å². The standard InChI is InChI=1S/C17H25N3O/c1-5-19-15(10-12(2)3)16(18)17(21)20(19)11-14-8-6-13(4)7-9-14/h6-9,12H,5,10-11,18H2,1-4H3. The van der Waals surface area contributed by atoms with Crippen LogP contribution in [0, 0.1) is 12.8 Å². The summed E-state index contributed by atoms with van der Waals surface area (Å²) < 4.78 is 3.79. The summed E-state index contributed by atoms with van der Waals surface area (Å²) >= 11 is 0. The topological polar surface area (TPSA) is 52.9 Å². The van der Waals surface area contributed by atoms with Crippen molar-refractivity contribution in [2.75, 3.05) is 5.73 Å². The molecule has 0 radical (unpaired) electrons. The van der Waals surface area contributed by atoms with Gasteiger partial charge in [-0.25, -0.2) is 4.68 Å². The molecule has 0 aliphatic heterocycles. The van der Waals surface area contributed by atoms with Crippen LogP contribution in [0.1, 0.15) is 37.6 Å². The minimum Gasteiger partial charge on any atom is -0.393 e. The van der Waals surface area contributed by atoms with E-state index < -0.39 is 0 Å². The Hall–Kier alpha value is -1.97. The number of nitrogens with two attached hydrogens (primary N) is 1. The average Bonchev–Trinajstić information content (AvgIpc) is 2.65. The van der Waals surface area contributed by atoms with Gasteiger partial charge in [-0.15, -0.1) is 0 Å². The number of benzene rings is 1. The maximum Gasteiger partial charge on any atom is 0.290 e. The molecule has 1 aromatic carbocycles. The highest BCUT2D eigenvalue weighted by Crippen LogP contribution is 2.15. The lowest BCUT2D eigenvalue weighted by Gasteiger charge is -2.14. The summed E-state index contributed by atoms with van der Waals surface area (Å²) in [6.45, 7) is 9.70. The van der Waals surface area contributed by atoms with Crippen LogP contribution in [-0.2, 0) is 19.5 Å². The van der Waals surface area contributed by atoms with E-state index in [-0.39, 0.29) is 5.56 Å². The van der Waals surface area contributed by atoms with Crippen molar-refractivity contribution in [2.24, 2.45) is 5.92 Å². The molecule has 0 bridgehead atoms. The largest absolute Gasteiger partial charge is 0.393 e. The first-order chi connectivity index (χ1) is 9.93. The van der Waals surface area contributed by atoms with Crippen molar-refractivity contribution in [3.05, 3.63) is 51.4 Å². The third-order valence-corrected chi connectivity index (χ3v) is 3.73. The van der Waals surface area contributed by atoms with Crippen LogP contribution >= 0.6 is 0 Å². The zero-order valence-corrected chi connectivity index (χ0v) is 13.4. The molecule has 2 aromatic rings. The van der Waals surface area contributed by atoms with Gasteiger partial charge in [-0.2, -0.15) is 0 Å². The summed E-state index contributed by atoms with van der Waals surface area (Å²) in [7, 11) is 0. The Morgan fingerprint density at radius 3 is 2.29 bits per heavy atom. The molecule has 4 heteroatoms. The zero-order valence-electron chi connectivity index (χ0n) is 13.4. The quantitative estimate of drug-likeness (QED) is 0.919. The Morgan fingerprint density at radius 2 is 1.76 bits per heavy atom. The van der Waals surface area contributed by atoms with Gasteiger partial charge in [0, 0.05) is 6.54 Å². The van der Waals surface area contributed by atoms with E-state index in [0.717, 1.165) is 24.2 Å². The van der Waals surface area contributed by atoms with Crippen LogP contribution in [0.3, 0.4) is 0 Å². The molecule has 0 saturated carbocycles. The van der Waals surface area contributed by atoms with Gasteiger partial charge in [-0.05, 0) is 31.7 Å². The third-order valence-electron chi connectivity index (χ3n) is 3.73. The van der Waals surface area contributed by atoms with E-state index >= 15 is 0 Å². The van der Waals surface area contributed by atoms with E-state index in [9.17, 15) is 4.79 Å². The van der Waals surface area contributed by atoms with Crippen molar-refractivity contribution in [3.8, 4) is 0 Å². The molecular formula is C17H25N3O. The third kappa shape index (κ3) is 3.20. The maximum atomic E-state index is 12.4. The lowest BCUT2D eigenvalue weighted by Crippen LogP contribution is -2.24. The molecule has 0 aliphatic carbocycles. The minimum atomic E-state index is -0.0759. The van der Waals surface area contributed by atoms with Gasteiger partial charge in [-0.3, -0.25) is 9.48 Å². The maximum absolute atomic E-state index is 12.4. The summed E-state index contributed by atoms with van der Waals surface area (Å²) in [6, 6.07) is 8.26. The molecule has 21 heavy (non-hydrogen) atoms. The molecule has 0 unspecified atom stereocenters. The molecule has 2 N–H and O–H groups in total. The van der Waals surface area contributed by atoms with Gasteiger partial charge in [0.1, 0.15) is 5.69 Å². The Bertz CT molecular complexity index is 663. The Morgan fingerprint density at radius 1 is 1.14 bits per heavy atom. The van der Waals surface area contributed by atoms with E-state index in [1.807, 2.05) is 11.6 Å². The highest BCUT2D eigenvalue weighted by atomic mass is 16.1. The number of aromatic nitrogens is 2. The van der Waals surface area contributed by atoms with Gasteiger partial charge in [0.2, 0.25) is 0 Å². The van der Waals surface area contributed by atoms with Crippen molar-refractivity contribution >= 4 is 5.69 Å². The van der Waals surface area contributed by atoms with Crippen LogP contribution in [-0.4, -0.2) is 9.36 Å². The highest BCUT2D eigenvalue weighted by molar-refractivity contribution is 5.42. The Balaban J connectivity index is 2.43. The first-order valence-corrected chi connectivity index (χ1v) is 7.57. The molecule has 0 amide bonds. The molecule has 1 heterocycles. The number of nitrogen functional groups attached to an aromatic ring is 1. The van der Waals surface area contributed by atoms with E-state index in [0.29, 0.717) is 18.2 Å². The predicted molar refractivity (Wildman–Crippen MR) is 87.6 cm³/mol. The fourth-order valence-corrected chi connectivity index (χ4v) is 2.64. The van der Waals surface area contributed by atoms with Gasteiger partial charge in [-0.1, -0.05) is 43.7 Å². The molecule has 114 valence electrons. The van der Waals surface area contributed by atoms with Crippen molar-refractivity contribution in [1.82, 2.24) is 9.36 Å². The number of nitrogens with zero attached hydrogens (tertiary/aromatic N) is 2. The predicted octanol–water partition coefficient (Wildman–Crippen LogP) is 2.81. The van der Waals surface area contributed by atoms with Gasteiger partial charge < -0.3 is 5.73 Å². The summed E-state index contributed by atoms with van der Waals surface area (Å²) in [4.78, 5) is 12.4. The highest BCUT2D eigenvalue weighted by Gasteiger charge is 2.17. The number of rotatable bonds is 5. The second-order valence-electron chi connectivity index (χ2n) is 6.02. The number of aryl methyl sites for hydroxylation is 1. The van der Waals surface area contributed by atoms with Crippen LogP contribution < -0.4 is 11.3 Å². The molecule has 0 fully saturated rings. The molecule has 2 rings (SSSR count). The van der Waals surface area contributed by atoms with Crippen molar-refractivity contribution < 1.29 is 0 Å². The fraction of sp³-hybridized carbons (Fsp3) is 0.471. The molecule has 1 aromatic heterocycles. The zero-order chi connectivity index (χ0) is 15.6. The smallest absolute Gasteiger partial charge is 0.290 e. The van der Waals surface area contributed by atoms with Crippen LogP contribution in [0.2, 0.25) is 0 Å². The number of hydrogen-bond acceptors (Lipinski definition) is 2. The molecular weight excluding hydrogens is 262 g/mol. The average molecular weight is 287 g/mol. The monoisotopic (exact) mass is 287 g/mol. The summed E-state index contributed by atoms with van der Waals surface area (Å²) in [6.07, 6.45) is 0.829. The van der Waals surface area contributed by atoms with E-state index in [2.05, 4.69) is 45.0 Å². The van der Waals surface area contributed by atoms with Gasteiger partial charge in [0.05, 0.1) is 12.2 Å². The van der Waals surface area contributed by atoms with Crippen LogP contribution in [0.4, 0.5) is 5.69 Å². The van der Waals surface area contributed by atoms with Crippen molar-refractivity contribution in [2.45, 2.75) is 47.2 Å².